The first kappa shape index (κ1) is 20.9. The molecule has 3 rings (SSSR count). The Morgan fingerprint density at radius 2 is 1.93 bits per heavy atom. The van der Waals surface area contributed by atoms with E-state index in [1.54, 1.807) is 49.5 Å². The lowest BCUT2D eigenvalue weighted by molar-refractivity contribution is 0.0997. The van der Waals surface area contributed by atoms with Crippen LogP contribution in [-0.4, -0.2) is 32.2 Å². The van der Waals surface area contributed by atoms with E-state index in [0.717, 1.165) is 0 Å². The Morgan fingerprint density at radius 1 is 1.17 bits per heavy atom. The molecule has 2 N–H and O–H groups in total. The number of fused-ring (bicyclic) bond motifs is 1. The van der Waals surface area contributed by atoms with Gasteiger partial charge < -0.3 is 15.2 Å². The molecule has 7 nitrogen and oxygen atoms in total. The number of ether oxygens (including phenoxy) is 2. The number of carbonyl (C=O) groups is 1. The van der Waals surface area contributed by atoms with Crippen LogP contribution in [0, 0.1) is 0 Å². The van der Waals surface area contributed by atoms with Gasteiger partial charge in [-0.2, -0.15) is 0 Å². The van der Waals surface area contributed by atoms with Crippen LogP contribution in [-0.2, 0) is 15.6 Å². The van der Waals surface area contributed by atoms with E-state index in [2.05, 4.69) is 4.98 Å². The number of amides is 1. The number of benzene rings is 2. The number of rotatable bonds is 7. The second-order valence-corrected chi connectivity index (χ2v) is 9.04. The molecule has 152 valence electrons. The average molecular weight is 435 g/mol. The number of hydrogen-bond donors (Lipinski definition) is 1. The molecule has 0 atom stereocenters. The van der Waals surface area contributed by atoms with Crippen molar-refractivity contribution in [3.05, 3.63) is 58.7 Å². The number of carbonyl (C=O) groups excluding carboxylic acids is 1. The lowest BCUT2D eigenvalue weighted by atomic mass is 10.1. The fourth-order valence-corrected chi connectivity index (χ4v) is 4.02. The molecule has 2 aromatic carbocycles. The molecule has 1 heterocycles. The van der Waals surface area contributed by atoms with Crippen LogP contribution >= 0.6 is 11.6 Å². The van der Waals surface area contributed by atoms with Crippen LogP contribution in [0.2, 0.25) is 5.02 Å². The maximum absolute atomic E-state index is 11.8. The molecule has 9 heteroatoms. The molecule has 0 spiro atoms. The summed E-state index contributed by atoms with van der Waals surface area (Å²) in [4.78, 5) is 16.0. The van der Waals surface area contributed by atoms with Crippen LogP contribution in [0.5, 0.6) is 17.2 Å². The summed E-state index contributed by atoms with van der Waals surface area (Å²) >= 11 is 6.25. The van der Waals surface area contributed by atoms with Gasteiger partial charge in [0.15, 0.2) is 9.84 Å². The van der Waals surface area contributed by atoms with E-state index in [9.17, 15) is 13.2 Å². The predicted octanol–water partition coefficient (Wildman–Crippen LogP) is 3.72. The lowest BCUT2D eigenvalue weighted by Crippen LogP contribution is -2.12. The highest BCUT2D eigenvalue weighted by Gasteiger charge is 2.16. The molecule has 0 saturated carbocycles. The fraction of sp³-hybridized carbons (Fsp3) is 0.200. The van der Waals surface area contributed by atoms with Gasteiger partial charge in [-0.3, -0.25) is 9.78 Å². The summed E-state index contributed by atoms with van der Waals surface area (Å²) in [5, 5.41) is 0.855. The standard InChI is InChI=1S/C20H19ClN2O5S/c1-3-29(25,26)11-12-4-5-13(8-16(12)21)28-18-6-7-23-17-10-19(27-2)15(20(22)24)9-14(17)18/h4-10H,3,11H2,1-2H3,(H2,22,24). The molecular formula is C20H19ClN2O5S. The molecule has 0 radical (unpaired) electrons. The molecule has 0 saturated heterocycles. The predicted molar refractivity (Wildman–Crippen MR) is 112 cm³/mol. The van der Waals surface area contributed by atoms with Crippen molar-refractivity contribution in [3.63, 3.8) is 0 Å². The number of sulfone groups is 1. The van der Waals surface area contributed by atoms with Crippen LogP contribution in [0.1, 0.15) is 22.8 Å². The Labute approximate surface area is 173 Å². The summed E-state index contributed by atoms with van der Waals surface area (Å²) in [6.45, 7) is 1.59. The summed E-state index contributed by atoms with van der Waals surface area (Å²) in [6, 6.07) is 9.61. The van der Waals surface area contributed by atoms with E-state index in [1.165, 1.54) is 7.11 Å². The molecule has 1 aromatic heterocycles. The van der Waals surface area contributed by atoms with Gasteiger partial charge in [0.05, 0.1) is 23.9 Å². The highest BCUT2D eigenvalue weighted by Crippen LogP contribution is 2.34. The number of nitrogens with two attached hydrogens (primary N) is 1. The molecule has 0 bridgehead atoms. The van der Waals surface area contributed by atoms with Crippen molar-refractivity contribution in [2.75, 3.05) is 12.9 Å². The summed E-state index contributed by atoms with van der Waals surface area (Å²) in [6.07, 6.45) is 1.56. The fourth-order valence-electron chi connectivity index (χ4n) is 2.77. The number of halogens is 1. The van der Waals surface area contributed by atoms with Gasteiger partial charge >= 0.3 is 0 Å². The Morgan fingerprint density at radius 3 is 2.55 bits per heavy atom. The van der Waals surface area contributed by atoms with Crippen molar-refractivity contribution < 1.29 is 22.7 Å². The van der Waals surface area contributed by atoms with Crippen LogP contribution in [0.15, 0.2) is 42.6 Å². The second-order valence-electron chi connectivity index (χ2n) is 6.27. The normalized spacial score (nSPS) is 11.4. The Kier molecular flexibility index (Phi) is 5.95. The van der Waals surface area contributed by atoms with Gasteiger partial charge in [-0.1, -0.05) is 24.6 Å². The van der Waals surface area contributed by atoms with Crippen molar-refractivity contribution in [2.24, 2.45) is 5.73 Å². The number of hydrogen-bond acceptors (Lipinski definition) is 6. The zero-order valence-electron chi connectivity index (χ0n) is 15.8. The molecule has 1 amide bonds. The zero-order valence-corrected chi connectivity index (χ0v) is 17.4. The second kappa shape index (κ2) is 8.26. The van der Waals surface area contributed by atoms with Crippen molar-refractivity contribution in [1.29, 1.82) is 0 Å². The third kappa shape index (κ3) is 4.60. The summed E-state index contributed by atoms with van der Waals surface area (Å²) < 4.78 is 34.8. The van der Waals surface area contributed by atoms with Crippen LogP contribution in [0.25, 0.3) is 10.9 Å². The first-order chi connectivity index (χ1) is 13.7. The van der Waals surface area contributed by atoms with Gasteiger partial charge in [0.2, 0.25) is 0 Å². The number of aromatic nitrogens is 1. The lowest BCUT2D eigenvalue weighted by Gasteiger charge is -2.13. The van der Waals surface area contributed by atoms with E-state index >= 15 is 0 Å². The van der Waals surface area contributed by atoms with Crippen molar-refractivity contribution in [3.8, 4) is 17.2 Å². The SMILES string of the molecule is CCS(=O)(=O)Cc1ccc(Oc2ccnc3cc(OC)c(C(N)=O)cc23)cc1Cl. The average Bonchev–Trinajstić information content (AvgIpc) is 2.69. The van der Waals surface area contributed by atoms with Crippen molar-refractivity contribution >= 4 is 38.2 Å². The Bertz CT molecular complexity index is 1190. The van der Waals surface area contributed by atoms with Crippen molar-refractivity contribution in [2.45, 2.75) is 12.7 Å². The van der Waals surface area contributed by atoms with E-state index < -0.39 is 15.7 Å². The third-order valence-electron chi connectivity index (χ3n) is 4.36. The minimum Gasteiger partial charge on any atom is -0.496 e. The molecule has 0 fully saturated rings. The van der Waals surface area contributed by atoms with E-state index in [-0.39, 0.29) is 22.1 Å². The molecule has 29 heavy (non-hydrogen) atoms. The van der Waals surface area contributed by atoms with E-state index in [4.69, 9.17) is 26.8 Å². The maximum atomic E-state index is 11.8. The monoisotopic (exact) mass is 434 g/mol. The van der Waals surface area contributed by atoms with Gasteiger partial charge in [-0.05, 0) is 29.8 Å². The van der Waals surface area contributed by atoms with Gasteiger partial charge in [-0.25, -0.2) is 8.42 Å². The summed E-state index contributed by atoms with van der Waals surface area (Å²) in [7, 11) is -1.76. The molecular weight excluding hydrogens is 416 g/mol. The highest BCUT2D eigenvalue weighted by molar-refractivity contribution is 7.90. The summed E-state index contributed by atoms with van der Waals surface area (Å²) in [5.41, 5.74) is 6.70. The Hall–Kier alpha value is -2.84. The van der Waals surface area contributed by atoms with E-state index in [1.807, 2.05) is 0 Å². The number of methoxy groups -OCH3 is 1. The quantitative estimate of drug-likeness (QED) is 0.607. The minimum absolute atomic E-state index is 0.0379. The first-order valence-electron chi connectivity index (χ1n) is 8.67. The largest absolute Gasteiger partial charge is 0.496 e. The smallest absolute Gasteiger partial charge is 0.252 e. The first-order valence-corrected chi connectivity index (χ1v) is 10.9. The van der Waals surface area contributed by atoms with Crippen molar-refractivity contribution in [1.82, 2.24) is 4.98 Å². The molecule has 3 aromatic rings. The molecule has 0 aliphatic carbocycles. The third-order valence-corrected chi connectivity index (χ3v) is 6.34. The zero-order chi connectivity index (χ0) is 21.2. The maximum Gasteiger partial charge on any atom is 0.252 e. The van der Waals surface area contributed by atoms with Crippen LogP contribution in [0.3, 0.4) is 0 Å². The van der Waals surface area contributed by atoms with Crippen LogP contribution in [0.4, 0.5) is 0 Å². The Balaban J connectivity index is 1.99. The van der Waals surface area contributed by atoms with Gasteiger partial charge in [0, 0.05) is 28.4 Å². The van der Waals surface area contributed by atoms with E-state index in [0.29, 0.717) is 33.7 Å². The van der Waals surface area contributed by atoms with Gasteiger partial charge in [-0.15, -0.1) is 0 Å². The molecule has 0 aliphatic rings. The molecule has 0 aliphatic heterocycles. The summed E-state index contributed by atoms with van der Waals surface area (Å²) in [5.74, 6) is 0.433. The number of nitrogens with zero attached hydrogens (tertiary/aromatic N) is 1. The van der Waals surface area contributed by atoms with Gasteiger partial charge in [0.1, 0.15) is 17.2 Å². The topological polar surface area (TPSA) is 109 Å². The number of primary amides is 1. The molecule has 0 unspecified atom stereocenters. The van der Waals surface area contributed by atoms with Crippen LogP contribution < -0.4 is 15.2 Å². The minimum atomic E-state index is -3.20. The van der Waals surface area contributed by atoms with Gasteiger partial charge in [0.25, 0.3) is 5.91 Å². The highest BCUT2D eigenvalue weighted by atomic mass is 35.5. The number of pyridine rings is 1.